The average Bonchev–Trinajstić information content (AvgIpc) is 2.80. The summed E-state index contributed by atoms with van der Waals surface area (Å²) in [5.74, 6) is -0.601. The van der Waals surface area contributed by atoms with E-state index in [-0.39, 0.29) is 29.6 Å². The molecule has 0 bridgehead atoms. The van der Waals surface area contributed by atoms with Gasteiger partial charge in [-0.3, -0.25) is 10.1 Å². The highest BCUT2D eigenvalue weighted by Gasteiger charge is 2.18. The van der Waals surface area contributed by atoms with E-state index in [1.165, 1.54) is 23.9 Å². The van der Waals surface area contributed by atoms with E-state index >= 15 is 0 Å². The van der Waals surface area contributed by atoms with Gasteiger partial charge in [-0.15, -0.1) is 0 Å². The highest BCUT2D eigenvalue weighted by molar-refractivity contribution is 5.96. The third-order valence-electron chi connectivity index (χ3n) is 4.56. The van der Waals surface area contributed by atoms with Gasteiger partial charge in [0.15, 0.2) is 0 Å². The minimum atomic E-state index is -0.690. The van der Waals surface area contributed by atoms with Gasteiger partial charge >= 0.3 is 12.1 Å². The number of hydrogen-bond acceptors (Lipinski definition) is 8. The normalized spacial score (nSPS) is 11.0. The first-order chi connectivity index (χ1) is 16.3. The monoisotopic (exact) mass is 463 g/mol. The Hall–Kier alpha value is -4.34. The molecule has 0 unspecified atom stereocenters. The fourth-order valence-corrected chi connectivity index (χ4v) is 3.10. The summed E-state index contributed by atoms with van der Waals surface area (Å²) in [6.45, 7) is 6.79. The van der Waals surface area contributed by atoms with Gasteiger partial charge in [-0.2, -0.15) is 5.10 Å². The Bertz CT molecular complexity index is 1270. The Balaban J connectivity index is 2.26. The summed E-state index contributed by atoms with van der Waals surface area (Å²) in [4.78, 5) is 44.9. The van der Waals surface area contributed by atoms with Crippen LogP contribution < -0.4 is 10.9 Å². The van der Waals surface area contributed by atoms with Gasteiger partial charge in [0.05, 0.1) is 35.9 Å². The predicted molar refractivity (Wildman–Crippen MR) is 128 cm³/mol. The number of nitrogens with one attached hydrogen (secondary N) is 1. The molecule has 0 aliphatic heterocycles. The first-order valence-electron chi connectivity index (χ1n) is 10.7. The number of amides is 1. The number of nitrogens with zero attached hydrogens (tertiary/aromatic N) is 4. The molecule has 2 aromatic heterocycles. The lowest BCUT2D eigenvalue weighted by atomic mass is 10.0. The Labute approximate surface area is 196 Å². The van der Waals surface area contributed by atoms with Crippen LogP contribution in [0.2, 0.25) is 0 Å². The van der Waals surface area contributed by atoms with Gasteiger partial charge in [0.2, 0.25) is 0 Å². The van der Waals surface area contributed by atoms with Crippen LogP contribution in [-0.4, -0.2) is 39.6 Å². The maximum Gasteiger partial charge on any atom is 0.411 e. The van der Waals surface area contributed by atoms with E-state index in [0.29, 0.717) is 17.0 Å². The Morgan fingerprint density at radius 1 is 1.18 bits per heavy atom. The van der Waals surface area contributed by atoms with Crippen molar-refractivity contribution in [3.63, 3.8) is 0 Å². The van der Waals surface area contributed by atoms with Crippen molar-refractivity contribution in [1.82, 2.24) is 14.8 Å². The quantitative estimate of drug-likeness (QED) is 0.319. The molecule has 176 valence electrons. The summed E-state index contributed by atoms with van der Waals surface area (Å²) in [5, 5.41) is 10.8. The van der Waals surface area contributed by atoms with Crippen molar-refractivity contribution in [2.45, 2.75) is 33.7 Å². The number of carbonyl (C=O) groups is 2. The zero-order chi connectivity index (χ0) is 24.7. The van der Waals surface area contributed by atoms with E-state index < -0.39 is 12.1 Å². The lowest BCUT2D eigenvalue weighted by molar-refractivity contribution is -0.140. The molecule has 1 amide bonds. The Kier molecular flexibility index (Phi) is 7.86. The summed E-state index contributed by atoms with van der Waals surface area (Å²) in [5.41, 5.74) is 2.60. The van der Waals surface area contributed by atoms with Crippen molar-refractivity contribution in [1.29, 1.82) is 0 Å². The van der Waals surface area contributed by atoms with Gasteiger partial charge in [0, 0.05) is 24.1 Å². The van der Waals surface area contributed by atoms with Crippen molar-refractivity contribution in [3.8, 4) is 22.5 Å². The topological polar surface area (TPSA) is 125 Å². The number of oxime groups is 1. The molecule has 10 nitrogen and oxygen atoms in total. The number of pyridine rings is 1. The number of aromatic nitrogens is 3. The van der Waals surface area contributed by atoms with Gasteiger partial charge in [-0.05, 0) is 32.9 Å². The highest BCUT2D eigenvalue weighted by atomic mass is 16.7. The maximum atomic E-state index is 12.3. The molecular formula is C24H25N5O5. The fourth-order valence-electron chi connectivity index (χ4n) is 3.10. The lowest BCUT2D eigenvalue weighted by Crippen LogP contribution is -2.24. The van der Waals surface area contributed by atoms with Crippen molar-refractivity contribution < 1.29 is 19.2 Å². The second-order valence-corrected chi connectivity index (χ2v) is 7.44. The zero-order valence-corrected chi connectivity index (χ0v) is 19.3. The number of ether oxygens (including phenoxy) is 1. The van der Waals surface area contributed by atoms with E-state index in [0.717, 1.165) is 5.56 Å². The molecule has 0 atom stereocenters. The summed E-state index contributed by atoms with van der Waals surface area (Å²) < 4.78 is 6.38. The van der Waals surface area contributed by atoms with Crippen LogP contribution >= 0.6 is 0 Å². The number of anilines is 1. The van der Waals surface area contributed by atoms with E-state index in [2.05, 4.69) is 25.4 Å². The fraction of sp³-hybridized carbons (Fsp3) is 0.250. The molecule has 3 aromatic rings. The smallest absolute Gasteiger partial charge is 0.411 e. The molecule has 3 rings (SSSR count). The largest absolute Gasteiger partial charge is 0.450 e. The molecule has 0 saturated carbocycles. The second-order valence-electron chi connectivity index (χ2n) is 7.44. The predicted octanol–water partition coefficient (Wildman–Crippen LogP) is 4.02. The van der Waals surface area contributed by atoms with Gasteiger partial charge in [-0.25, -0.2) is 19.3 Å². The summed E-state index contributed by atoms with van der Waals surface area (Å²) in [6.07, 6.45) is 0.534. The first kappa shape index (κ1) is 24.3. The standard InChI is InChI=1S/C24H25N5O5/c1-5-33-24(32)27-20-13-18(19-11-12-22(31)29(28-19)15(2)3)23(17-9-7-6-8-10-17)26-21(20)14-25-34-16(4)30/h6-15H,5H2,1-4H3,(H,27,32). The third-order valence-corrected chi connectivity index (χ3v) is 4.56. The molecule has 0 aliphatic carbocycles. The highest BCUT2D eigenvalue weighted by Crippen LogP contribution is 2.33. The van der Waals surface area contributed by atoms with Crippen LogP contribution in [0.3, 0.4) is 0 Å². The molecule has 10 heteroatoms. The van der Waals surface area contributed by atoms with E-state index in [4.69, 9.17) is 4.74 Å². The molecule has 0 saturated heterocycles. The molecule has 0 fully saturated rings. The van der Waals surface area contributed by atoms with E-state index in [1.807, 2.05) is 44.2 Å². The number of hydrogen-bond donors (Lipinski definition) is 1. The van der Waals surface area contributed by atoms with Crippen molar-refractivity contribution in [2.75, 3.05) is 11.9 Å². The van der Waals surface area contributed by atoms with Crippen LogP contribution in [-0.2, 0) is 14.4 Å². The molecule has 0 spiro atoms. The lowest BCUT2D eigenvalue weighted by Gasteiger charge is -2.16. The van der Waals surface area contributed by atoms with Crippen molar-refractivity contribution in [2.24, 2.45) is 5.16 Å². The molecule has 1 aromatic carbocycles. The molecule has 34 heavy (non-hydrogen) atoms. The minimum absolute atomic E-state index is 0.159. The van der Waals surface area contributed by atoms with Crippen LogP contribution in [0.4, 0.5) is 10.5 Å². The molecule has 2 heterocycles. The van der Waals surface area contributed by atoms with Crippen LogP contribution in [0.25, 0.3) is 22.5 Å². The zero-order valence-electron chi connectivity index (χ0n) is 19.3. The Morgan fingerprint density at radius 2 is 1.91 bits per heavy atom. The number of benzene rings is 1. The minimum Gasteiger partial charge on any atom is -0.450 e. The summed E-state index contributed by atoms with van der Waals surface area (Å²) in [6, 6.07) is 13.9. The van der Waals surface area contributed by atoms with Crippen LogP contribution in [0.1, 0.15) is 39.4 Å². The summed E-state index contributed by atoms with van der Waals surface area (Å²) >= 11 is 0. The van der Waals surface area contributed by atoms with Crippen molar-refractivity contribution in [3.05, 3.63) is 64.6 Å². The van der Waals surface area contributed by atoms with Gasteiger partial charge in [0.1, 0.15) is 5.69 Å². The third kappa shape index (κ3) is 5.91. The van der Waals surface area contributed by atoms with Crippen LogP contribution in [0.5, 0.6) is 0 Å². The molecule has 0 aliphatic rings. The number of carbonyl (C=O) groups excluding carboxylic acids is 2. The first-order valence-corrected chi connectivity index (χ1v) is 10.7. The van der Waals surface area contributed by atoms with Gasteiger partial charge in [-0.1, -0.05) is 35.5 Å². The van der Waals surface area contributed by atoms with Crippen molar-refractivity contribution >= 4 is 24.0 Å². The summed E-state index contributed by atoms with van der Waals surface area (Å²) in [7, 11) is 0. The number of rotatable bonds is 7. The van der Waals surface area contributed by atoms with E-state index in [1.54, 1.807) is 19.1 Å². The Morgan fingerprint density at radius 3 is 2.56 bits per heavy atom. The maximum absolute atomic E-state index is 12.3. The van der Waals surface area contributed by atoms with Crippen LogP contribution in [0.15, 0.2) is 58.5 Å². The van der Waals surface area contributed by atoms with Gasteiger partial charge < -0.3 is 9.57 Å². The molecule has 0 radical (unpaired) electrons. The molecule has 1 N–H and O–H groups in total. The SMILES string of the molecule is CCOC(=O)Nc1cc(-c2ccc(=O)n(C(C)C)n2)c(-c2ccccc2)nc1C=NOC(C)=O. The van der Waals surface area contributed by atoms with E-state index in [9.17, 15) is 14.4 Å². The van der Waals surface area contributed by atoms with Crippen LogP contribution in [0, 0.1) is 0 Å². The molecular weight excluding hydrogens is 438 g/mol. The average molecular weight is 463 g/mol. The van der Waals surface area contributed by atoms with Gasteiger partial charge in [0.25, 0.3) is 5.56 Å². The second kappa shape index (κ2) is 11.0.